The Labute approximate surface area is 178 Å². The van der Waals surface area contributed by atoms with Crippen LogP contribution >= 0.6 is 11.8 Å². The number of carbonyl (C=O) groups is 2. The monoisotopic (exact) mass is 426 g/mol. The molecule has 2 amide bonds. The molecule has 1 aliphatic heterocycles. The SMILES string of the molecule is COc1cccc(C=N/N=C2/NC(=O)C(CC(=O)Nc3ccc(C)cc3)S2)c1OC. The second-order valence-corrected chi connectivity index (χ2v) is 7.64. The van der Waals surface area contributed by atoms with Gasteiger partial charge in [0.25, 0.3) is 0 Å². The average molecular weight is 426 g/mol. The molecule has 1 unspecified atom stereocenters. The number of aryl methyl sites for hydroxylation is 1. The molecule has 1 aliphatic rings. The second kappa shape index (κ2) is 9.93. The number of benzene rings is 2. The smallest absolute Gasteiger partial charge is 0.240 e. The van der Waals surface area contributed by atoms with Crippen LogP contribution in [-0.4, -0.2) is 42.7 Å². The summed E-state index contributed by atoms with van der Waals surface area (Å²) in [6.07, 6.45) is 1.55. The number of rotatable bonds is 7. The fraction of sp³-hybridized carbons (Fsp3) is 0.238. The first-order chi connectivity index (χ1) is 14.5. The normalized spacial score (nSPS) is 17.2. The van der Waals surface area contributed by atoms with Crippen molar-refractivity contribution in [3.8, 4) is 11.5 Å². The minimum absolute atomic E-state index is 0.0385. The number of amides is 2. The second-order valence-electron chi connectivity index (χ2n) is 6.45. The molecule has 1 atom stereocenters. The molecule has 0 radical (unpaired) electrons. The summed E-state index contributed by atoms with van der Waals surface area (Å²) in [7, 11) is 3.10. The van der Waals surface area contributed by atoms with Crippen molar-refractivity contribution in [2.24, 2.45) is 10.2 Å². The summed E-state index contributed by atoms with van der Waals surface area (Å²) < 4.78 is 10.6. The van der Waals surface area contributed by atoms with E-state index in [0.717, 1.165) is 5.56 Å². The van der Waals surface area contributed by atoms with Crippen LogP contribution in [-0.2, 0) is 9.59 Å². The zero-order valence-electron chi connectivity index (χ0n) is 16.8. The number of nitrogens with one attached hydrogen (secondary N) is 2. The molecule has 156 valence electrons. The van der Waals surface area contributed by atoms with Crippen LogP contribution in [0.1, 0.15) is 17.5 Å². The van der Waals surface area contributed by atoms with Crippen LogP contribution in [0, 0.1) is 6.92 Å². The van der Waals surface area contributed by atoms with E-state index in [9.17, 15) is 9.59 Å². The number of ether oxygens (including phenoxy) is 2. The molecule has 1 fully saturated rings. The Bertz CT molecular complexity index is 989. The van der Waals surface area contributed by atoms with Gasteiger partial charge in [0.1, 0.15) is 5.25 Å². The topological polar surface area (TPSA) is 101 Å². The van der Waals surface area contributed by atoms with Crippen LogP contribution in [0.25, 0.3) is 0 Å². The van der Waals surface area contributed by atoms with Crippen molar-refractivity contribution in [2.75, 3.05) is 19.5 Å². The number of nitrogens with zero attached hydrogens (tertiary/aromatic N) is 2. The van der Waals surface area contributed by atoms with E-state index in [1.165, 1.54) is 18.0 Å². The predicted octanol–water partition coefficient (Wildman–Crippen LogP) is 2.96. The van der Waals surface area contributed by atoms with Gasteiger partial charge in [0.15, 0.2) is 16.7 Å². The largest absolute Gasteiger partial charge is 0.493 e. The third-order valence-electron chi connectivity index (χ3n) is 4.26. The van der Waals surface area contributed by atoms with Gasteiger partial charge in [-0.1, -0.05) is 35.5 Å². The molecule has 2 N–H and O–H groups in total. The van der Waals surface area contributed by atoms with E-state index < -0.39 is 5.25 Å². The summed E-state index contributed by atoms with van der Waals surface area (Å²) in [5.74, 6) is 0.611. The fourth-order valence-corrected chi connectivity index (χ4v) is 3.68. The Morgan fingerprint density at radius 3 is 2.67 bits per heavy atom. The lowest BCUT2D eigenvalue weighted by atomic mass is 10.2. The first kappa shape index (κ1) is 21.4. The van der Waals surface area contributed by atoms with E-state index >= 15 is 0 Å². The molecule has 1 saturated heterocycles. The number of carbonyl (C=O) groups excluding carboxylic acids is 2. The highest BCUT2D eigenvalue weighted by Crippen LogP contribution is 2.29. The Hall–Kier alpha value is -3.33. The summed E-state index contributed by atoms with van der Waals surface area (Å²) in [5, 5.41) is 13.3. The third kappa shape index (κ3) is 5.38. The summed E-state index contributed by atoms with van der Waals surface area (Å²) >= 11 is 1.17. The number of para-hydroxylation sites is 1. The van der Waals surface area contributed by atoms with Gasteiger partial charge >= 0.3 is 0 Å². The molecule has 2 aromatic rings. The Morgan fingerprint density at radius 2 is 1.97 bits per heavy atom. The van der Waals surface area contributed by atoms with Gasteiger partial charge in [-0.3, -0.25) is 9.59 Å². The minimum Gasteiger partial charge on any atom is -0.493 e. The maximum Gasteiger partial charge on any atom is 0.240 e. The summed E-state index contributed by atoms with van der Waals surface area (Å²) in [4.78, 5) is 24.4. The molecule has 9 heteroatoms. The quantitative estimate of drug-likeness (QED) is 0.524. The first-order valence-electron chi connectivity index (χ1n) is 9.16. The van der Waals surface area contributed by atoms with Crippen LogP contribution in [0.4, 0.5) is 5.69 Å². The van der Waals surface area contributed by atoms with Crippen molar-refractivity contribution in [1.29, 1.82) is 0 Å². The van der Waals surface area contributed by atoms with Crippen LogP contribution in [0.2, 0.25) is 0 Å². The molecule has 1 heterocycles. The molecule has 0 spiro atoms. The van der Waals surface area contributed by atoms with Gasteiger partial charge in [-0.2, -0.15) is 5.10 Å². The van der Waals surface area contributed by atoms with Gasteiger partial charge in [0.2, 0.25) is 11.8 Å². The van der Waals surface area contributed by atoms with Crippen molar-refractivity contribution in [2.45, 2.75) is 18.6 Å². The predicted molar refractivity (Wildman–Crippen MR) is 119 cm³/mol. The van der Waals surface area contributed by atoms with E-state index in [1.807, 2.05) is 43.3 Å². The van der Waals surface area contributed by atoms with Gasteiger partial charge in [-0.05, 0) is 31.2 Å². The van der Waals surface area contributed by atoms with Gasteiger partial charge in [0, 0.05) is 17.7 Å². The van der Waals surface area contributed by atoms with Crippen molar-refractivity contribution >= 4 is 40.6 Å². The van der Waals surface area contributed by atoms with E-state index in [2.05, 4.69) is 20.8 Å². The number of anilines is 1. The molecule has 8 nitrogen and oxygen atoms in total. The van der Waals surface area contributed by atoms with Crippen LogP contribution in [0.15, 0.2) is 52.7 Å². The maximum absolute atomic E-state index is 12.2. The lowest BCUT2D eigenvalue weighted by Gasteiger charge is -2.08. The number of methoxy groups -OCH3 is 2. The van der Waals surface area contributed by atoms with E-state index in [1.54, 1.807) is 20.3 Å². The molecule has 0 aliphatic carbocycles. The van der Waals surface area contributed by atoms with Crippen molar-refractivity contribution in [3.63, 3.8) is 0 Å². The van der Waals surface area contributed by atoms with Crippen LogP contribution < -0.4 is 20.1 Å². The lowest BCUT2D eigenvalue weighted by Crippen LogP contribution is -2.28. The fourth-order valence-electron chi connectivity index (χ4n) is 2.76. The standard InChI is InChI=1S/C21H22N4O4S/c1-13-7-9-15(10-8-13)23-18(26)11-17-20(27)24-21(30-17)25-22-12-14-5-4-6-16(28-2)19(14)29-3/h4-10,12,17H,11H2,1-3H3,(H,23,26)(H,24,25,27). The molecular formula is C21H22N4O4S. The average Bonchev–Trinajstić information content (AvgIpc) is 3.08. The highest BCUT2D eigenvalue weighted by atomic mass is 32.2. The number of hydrogen-bond acceptors (Lipinski definition) is 7. The van der Waals surface area contributed by atoms with Crippen molar-refractivity contribution in [3.05, 3.63) is 53.6 Å². The summed E-state index contributed by atoms with van der Waals surface area (Å²) in [6, 6.07) is 12.9. The van der Waals surface area contributed by atoms with Gasteiger partial charge in [-0.25, -0.2) is 0 Å². The summed E-state index contributed by atoms with van der Waals surface area (Å²) in [5.41, 5.74) is 2.48. The van der Waals surface area contributed by atoms with Crippen LogP contribution in [0.3, 0.4) is 0 Å². The molecule has 3 rings (SSSR count). The minimum atomic E-state index is -0.559. The highest BCUT2D eigenvalue weighted by Gasteiger charge is 2.32. The Kier molecular flexibility index (Phi) is 7.08. The summed E-state index contributed by atoms with van der Waals surface area (Å²) in [6.45, 7) is 1.97. The van der Waals surface area contributed by atoms with Crippen molar-refractivity contribution < 1.29 is 19.1 Å². The number of thioether (sulfide) groups is 1. The molecule has 0 aromatic heterocycles. The zero-order valence-corrected chi connectivity index (χ0v) is 17.7. The Balaban J connectivity index is 1.60. The third-order valence-corrected chi connectivity index (χ3v) is 5.33. The first-order valence-corrected chi connectivity index (χ1v) is 10.0. The zero-order chi connectivity index (χ0) is 21.5. The lowest BCUT2D eigenvalue weighted by molar-refractivity contribution is -0.122. The van der Waals surface area contributed by atoms with E-state index in [-0.39, 0.29) is 18.2 Å². The maximum atomic E-state index is 12.2. The number of hydrogen-bond donors (Lipinski definition) is 2. The van der Waals surface area contributed by atoms with Gasteiger partial charge in [-0.15, -0.1) is 5.10 Å². The van der Waals surface area contributed by atoms with E-state index in [0.29, 0.717) is 27.9 Å². The molecule has 30 heavy (non-hydrogen) atoms. The molecule has 0 bridgehead atoms. The van der Waals surface area contributed by atoms with Gasteiger partial charge in [0.05, 0.1) is 20.4 Å². The molecule has 2 aromatic carbocycles. The molecular weight excluding hydrogens is 404 g/mol. The highest BCUT2D eigenvalue weighted by molar-refractivity contribution is 8.15. The van der Waals surface area contributed by atoms with Gasteiger partial charge < -0.3 is 20.1 Å². The van der Waals surface area contributed by atoms with Crippen molar-refractivity contribution in [1.82, 2.24) is 5.32 Å². The van der Waals surface area contributed by atoms with Crippen LogP contribution in [0.5, 0.6) is 11.5 Å². The Morgan fingerprint density at radius 1 is 1.20 bits per heavy atom. The molecule has 0 saturated carbocycles. The number of amidine groups is 1. The van der Waals surface area contributed by atoms with E-state index in [4.69, 9.17) is 9.47 Å².